The van der Waals surface area contributed by atoms with E-state index in [0.29, 0.717) is 5.91 Å². The number of nitrogens with one attached hydrogen (secondary N) is 1. The first-order valence-corrected chi connectivity index (χ1v) is 10.9. The molecule has 0 saturated heterocycles. The summed E-state index contributed by atoms with van der Waals surface area (Å²) in [6, 6.07) is 15.3. The van der Waals surface area contributed by atoms with Crippen molar-refractivity contribution >= 4 is 17.2 Å². The van der Waals surface area contributed by atoms with E-state index in [-0.39, 0.29) is 10.8 Å². The summed E-state index contributed by atoms with van der Waals surface area (Å²) in [4.78, 5) is 14.6. The molecule has 2 nitrogen and oxygen atoms in total. The lowest BCUT2D eigenvalue weighted by atomic mass is 9.42. The van der Waals surface area contributed by atoms with Crippen LogP contribution in [0.4, 0.5) is 0 Å². The molecule has 1 N–H and O–H groups in total. The van der Waals surface area contributed by atoms with Gasteiger partial charge in [0.1, 0.15) is 0 Å². The highest BCUT2D eigenvalue weighted by atomic mass is 32.1. The van der Waals surface area contributed by atoms with E-state index in [1.165, 1.54) is 29.7 Å². The minimum Gasteiger partial charge on any atom is -0.355 e. The molecule has 1 aromatic carbocycles. The summed E-state index contributed by atoms with van der Waals surface area (Å²) in [5, 5.41) is 5.43. The third-order valence-electron chi connectivity index (χ3n) is 7.17. The maximum absolute atomic E-state index is 13.3. The van der Waals surface area contributed by atoms with Crippen molar-refractivity contribution in [3.8, 4) is 0 Å². The zero-order valence-corrected chi connectivity index (χ0v) is 16.1. The Bertz CT molecular complexity index is 768. The van der Waals surface area contributed by atoms with Gasteiger partial charge in [-0.1, -0.05) is 36.4 Å². The zero-order valence-electron chi connectivity index (χ0n) is 15.2. The second-order valence-electron chi connectivity index (χ2n) is 8.97. The van der Waals surface area contributed by atoms with Gasteiger partial charge in [0.25, 0.3) is 0 Å². The Labute approximate surface area is 160 Å². The molecule has 2 atom stereocenters. The molecule has 1 aromatic heterocycles. The number of carbonyl (C=O) groups excluding carboxylic acids is 1. The van der Waals surface area contributed by atoms with Gasteiger partial charge in [-0.25, -0.2) is 0 Å². The maximum atomic E-state index is 13.3. The number of carbonyl (C=O) groups is 1. The summed E-state index contributed by atoms with van der Waals surface area (Å²) in [6.07, 6.45) is 8.16. The minimum atomic E-state index is -0.116. The van der Waals surface area contributed by atoms with Crippen LogP contribution in [0.25, 0.3) is 0 Å². The van der Waals surface area contributed by atoms with E-state index in [1.807, 2.05) is 0 Å². The molecule has 3 heteroatoms. The first kappa shape index (κ1) is 16.6. The van der Waals surface area contributed by atoms with Gasteiger partial charge in [-0.05, 0) is 79.2 Å². The van der Waals surface area contributed by atoms with Crippen LogP contribution >= 0.6 is 11.3 Å². The van der Waals surface area contributed by atoms with Gasteiger partial charge in [0.05, 0.1) is 5.41 Å². The van der Waals surface area contributed by atoms with Crippen LogP contribution in [0.2, 0.25) is 0 Å². The number of rotatable bonds is 5. The molecule has 4 aliphatic rings. The normalized spacial score (nSPS) is 34.8. The number of hydrogen-bond acceptors (Lipinski definition) is 2. The van der Waals surface area contributed by atoms with Crippen molar-refractivity contribution in [1.29, 1.82) is 0 Å². The molecule has 1 heterocycles. The molecule has 4 bridgehead atoms. The maximum Gasteiger partial charge on any atom is 0.226 e. The van der Waals surface area contributed by atoms with Crippen molar-refractivity contribution < 1.29 is 4.79 Å². The van der Waals surface area contributed by atoms with Crippen LogP contribution in [-0.2, 0) is 16.6 Å². The first-order chi connectivity index (χ1) is 12.7. The lowest BCUT2D eigenvalue weighted by Gasteiger charge is -2.61. The van der Waals surface area contributed by atoms with Gasteiger partial charge in [0.15, 0.2) is 0 Å². The summed E-state index contributed by atoms with van der Waals surface area (Å²) >= 11 is 1.78. The Hall–Kier alpha value is -1.61. The summed E-state index contributed by atoms with van der Waals surface area (Å²) in [7, 11) is 0. The van der Waals surface area contributed by atoms with Crippen molar-refractivity contribution in [2.75, 3.05) is 6.54 Å². The van der Waals surface area contributed by atoms with E-state index in [2.05, 4.69) is 53.2 Å². The molecular weight excluding hydrogens is 338 g/mol. The molecule has 4 saturated carbocycles. The third-order valence-corrected chi connectivity index (χ3v) is 8.10. The highest BCUT2D eigenvalue weighted by Crippen LogP contribution is 2.65. The van der Waals surface area contributed by atoms with Gasteiger partial charge in [0.2, 0.25) is 5.91 Å². The van der Waals surface area contributed by atoms with E-state index in [9.17, 15) is 4.79 Å². The van der Waals surface area contributed by atoms with Crippen LogP contribution in [0.5, 0.6) is 0 Å². The van der Waals surface area contributed by atoms with Crippen LogP contribution in [-0.4, -0.2) is 12.5 Å². The molecule has 136 valence electrons. The topological polar surface area (TPSA) is 29.1 Å². The van der Waals surface area contributed by atoms with Crippen molar-refractivity contribution in [2.45, 2.75) is 50.4 Å². The smallest absolute Gasteiger partial charge is 0.226 e. The molecule has 2 unspecified atom stereocenters. The molecule has 26 heavy (non-hydrogen) atoms. The van der Waals surface area contributed by atoms with E-state index < -0.39 is 0 Å². The van der Waals surface area contributed by atoms with E-state index in [0.717, 1.165) is 44.1 Å². The van der Waals surface area contributed by atoms with Crippen LogP contribution in [0.15, 0.2) is 47.8 Å². The van der Waals surface area contributed by atoms with Crippen molar-refractivity contribution in [1.82, 2.24) is 5.32 Å². The van der Waals surface area contributed by atoms with E-state index in [1.54, 1.807) is 11.3 Å². The second-order valence-corrected chi connectivity index (χ2v) is 10.0. The number of hydrogen-bond donors (Lipinski definition) is 1. The van der Waals surface area contributed by atoms with Gasteiger partial charge < -0.3 is 5.32 Å². The zero-order chi connectivity index (χ0) is 17.6. The van der Waals surface area contributed by atoms with Crippen molar-refractivity contribution in [2.24, 2.45) is 17.3 Å². The highest BCUT2D eigenvalue weighted by Gasteiger charge is 2.60. The largest absolute Gasteiger partial charge is 0.355 e. The Morgan fingerprint density at radius 3 is 2.50 bits per heavy atom. The van der Waals surface area contributed by atoms with Crippen LogP contribution in [0, 0.1) is 17.3 Å². The minimum absolute atomic E-state index is 0.116. The Balaban J connectivity index is 1.36. The number of thiophene rings is 1. The Morgan fingerprint density at radius 2 is 1.81 bits per heavy atom. The first-order valence-electron chi connectivity index (χ1n) is 10.0. The average Bonchev–Trinajstić information content (AvgIpc) is 3.15. The van der Waals surface area contributed by atoms with Gasteiger partial charge in [-0.2, -0.15) is 0 Å². The van der Waals surface area contributed by atoms with Gasteiger partial charge in [-0.3, -0.25) is 4.79 Å². The van der Waals surface area contributed by atoms with Crippen LogP contribution in [0.1, 0.15) is 49.0 Å². The number of amides is 1. The summed E-state index contributed by atoms with van der Waals surface area (Å²) in [6.45, 7) is 0.773. The fourth-order valence-electron chi connectivity index (χ4n) is 6.60. The number of benzene rings is 1. The molecule has 1 amide bonds. The molecule has 4 aliphatic carbocycles. The molecule has 0 spiro atoms. The fourth-order valence-corrected chi connectivity index (χ4v) is 7.31. The molecular formula is C23H27NOS. The van der Waals surface area contributed by atoms with Crippen molar-refractivity contribution in [3.05, 3.63) is 58.3 Å². The molecule has 4 fully saturated rings. The summed E-state index contributed by atoms with van der Waals surface area (Å²) in [5.74, 6) is 1.81. The van der Waals surface area contributed by atoms with Gasteiger partial charge >= 0.3 is 0 Å². The Morgan fingerprint density at radius 1 is 1.04 bits per heavy atom. The predicted molar refractivity (Wildman–Crippen MR) is 106 cm³/mol. The van der Waals surface area contributed by atoms with Crippen LogP contribution in [0.3, 0.4) is 0 Å². The molecule has 0 aliphatic heterocycles. The standard InChI is InChI=1S/C23H27NOS/c25-21(24-9-8-20-7-4-10-26-20)23-14-17-11-18(15-23)13-22(12-17,16-23)19-5-2-1-3-6-19/h1-7,10,17-18H,8-9,11-16H2,(H,24,25). The molecule has 0 radical (unpaired) electrons. The fraction of sp³-hybridized carbons (Fsp3) is 0.522. The second kappa shape index (κ2) is 6.23. The molecule has 2 aromatic rings. The summed E-state index contributed by atoms with van der Waals surface area (Å²) in [5.41, 5.74) is 1.61. The highest BCUT2D eigenvalue weighted by molar-refractivity contribution is 7.09. The Kier molecular flexibility index (Phi) is 3.97. The summed E-state index contributed by atoms with van der Waals surface area (Å²) < 4.78 is 0. The monoisotopic (exact) mass is 365 g/mol. The third kappa shape index (κ3) is 2.72. The molecule has 6 rings (SSSR count). The van der Waals surface area contributed by atoms with Gasteiger partial charge in [-0.15, -0.1) is 11.3 Å². The predicted octanol–water partition coefficient (Wildman–Crippen LogP) is 4.95. The van der Waals surface area contributed by atoms with Crippen LogP contribution < -0.4 is 5.32 Å². The van der Waals surface area contributed by atoms with E-state index >= 15 is 0 Å². The quantitative estimate of drug-likeness (QED) is 0.798. The van der Waals surface area contributed by atoms with E-state index in [4.69, 9.17) is 0 Å². The SMILES string of the molecule is O=C(NCCc1cccs1)C12CC3CC(C1)CC(c1ccccc1)(C3)C2. The van der Waals surface area contributed by atoms with Gasteiger partial charge in [0, 0.05) is 11.4 Å². The van der Waals surface area contributed by atoms with Crippen molar-refractivity contribution in [3.63, 3.8) is 0 Å². The lowest BCUT2D eigenvalue weighted by molar-refractivity contribution is -0.149. The lowest BCUT2D eigenvalue weighted by Crippen LogP contribution is -2.59. The average molecular weight is 366 g/mol.